The Labute approximate surface area is 129 Å². The fraction of sp³-hybridized carbons (Fsp3) is 0.900. The van der Waals surface area contributed by atoms with Gasteiger partial charge in [-0.1, -0.05) is 91.2 Å². The van der Waals surface area contributed by atoms with Gasteiger partial charge in [0.25, 0.3) is 0 Å². The first kappa shape index (κ1) is 19.7. The molecule has 0 fully saturated rings. The minimum absolute atomic E-state index is 0.854. The number of rotatable bonds is 14. The number of hydrogen-bond donors (Lipinski definition) is 0. The molecule has 0 heteroatoms. The van der Waals surface area contributed by atoms with Gasteiger partial charge >= 0.3 is 0 Å². The van der Waals surface area contributed by atoms with Crippen LogP contribution in [0.2, 0.25) is 0 Å². The Kier molecular flexibility index (Phi) is 14.9. The molecule has 0 spiro atoms. The third-order valence-corrected chi connectivity index (χ3v) is 4.38. The maximum absolute atomic E-state index is 2.53. The summed E-state index contributed by atoms with van der Waals surface area (Å²) >= 11 is 0. The van der Waals surface area contributed by atoms with Crippen molar-refractivity contribution in [3.05, 3.63) is 12.2 Å². The van der Waals surface area contributed by atoms with Crippen molar-refractivity contribution in [3.63, 3.8) is 0 Å². The zero-order chi connectivity index (χ0) is 15.1. The number of allylic oxidation sites excluding steroid dienone is 2. The topological polar surface area (TPSA) is 0 Å². The molecule has 0 bridgehead atoms. The van der Waals surface area contributed by atoms with Crippen LogP contribution in [0.25, 0.3) is 0 Å². The summed E-state index contributed by atoms with van der Waals surface area (Å²) < 4.78 is 0. The molecule has 0 radical (unpaired) electrons. The molecule has 0 aromatic heterocycles. The molecule has 0 aromatic carbocycles. The molecule has 0 rings (SSSR count). The Morgan fingerprint density at radius 2 is 1.20 bits per heavy atom. The fourth-order valence-corrected chi connectivity index (χ4v) is 2.84. The van der Waals surface area contributed by atoms with E-state index in [9.17, 15) is 0 Å². The first-order valence-electron chi connectivity index (χ1n) is 9.41. The summed E-state index contributed by atoms with van der Waals surface area (Å²) in [5.41, 5.74) is 0. The second-order valence-corrected chi connectivity index (χ2v) is 6.65. The molecule has 1 atom stereocenters. The van der Waals surface area contributed by atoms with Crippen LogP contribution in [0.5, 0.6) is 0 Å². The van der Waals surface area contributed by atoms with Crippen molar-refractivity contribution in [1.29, 1.82) is 0 Å². The van der Waals surface area contributed by atoms with Crippen molar-refractivity contribution in [1.82, 2.24) is 0 Å². The molecular formula is C20H40. The summed E-state index contributed by atoms with van der Waals surface area (Å²) in [5.74, 6) is 1.78. The minimum Gasteiger partial charge on any atom is -0.0883 e. The normalized spacial score (nSPS) is 13.4. The molecule has 0 aromatic rings. The molecule has 0 saturated heterocycles. The molecule has 20 heavy (non-hydrogen) atoms. The van der Waals surface area contributed by atoms with E-state index in [1.165, 1.54) is 77.0 Å². The largest absolute Gasteiger partial charge is 0.0883 e. The van der Waals surface area contributed by atoms with Gasteiger partial charge in [0.05, 0.1) is 0 Å². The third kappa shape index (κ3) is 12.8. The molecule has 0 aliphatic heterocycles. The van der Waals surface area contributed by atoms with Gasteiger partial charge in [-0.2, -0.15) is 0 Å². The highest BCUT2D eigenvalue weighted by molar-refractivity contribution is 4.88. The van der Waals surface area contributed by atoms with Crippen LogP contribution in [0, 0.1) is 11.8 Å². The Hall–Kier alpha value is -0.260. The first-order valence-corrected chi connectivity index (χ1v) is 9.41. The highest BCUT2D eigenvalue weighted by Gasteiger charge is 2.04. The van der Waals surface area contributed by atoms with Gasteiger partial charge in [0.2, 0.25) is 0 Å². The summed E-state index contributed by atoms with van der Waals surface area (Å²) in [7, 11) is 0. The lowest BCUT2D eigenvalue weighted by Crippen LogP contribution is -1.97. The number of unbranched alkanes of at least 4 members (excludes halogenated alkanes) is 4. The Bertz CT molecular complexity index is 196. The summed E-state index contributed by atoms with van der Waals surface area (Å²) in [5, 5.41) is 0. The SMILES string of the molecule is CCCCC(C)CCCC=CC(CCCC)CCCC. The molecule has 0 saturated carbocycles. The Balaban J connectivity index is 3.74. The molecule has 0 heterocycles. The van der Waals surface area contributed by atoms with Crippen LogP contribution in [0.3, 0.4) is 0 Å². The van der Waals surface area contributed by atoms with E-state index in [4.69, 9.17) is 0 Å². The van der Waals surface area contributed by atoms with Crippen LogP contribution in [-0.4, -0.2) is 0 Å². The summed E-state index contributed by atoms with van der Waals surface area (Å²) in [4.78, 5) is 0. The van der Waals surface area contributed by atoms with E-state index < -0.39 is 0 Å². The molecule has 120 valence electrons. The van der Waals surface area contributed by atoms with Gasteiger partial charge in [0.15, 0.2) is 0 Å². The van der Waals surface area contributed by atoms with Gasteiger partial charge in [-0.05, 0) is 37.5 Å². The molecule has 0 aliphatic carbocycles. The highest BCUT2D eigenvalue weighted by Crippen LogP contribution is 2.19. The number of hydrogen-bond acceptors (Lipinski definition) is 0. The van der Waals surface area contributed by atoms with Crippen molar-refractivity contribution in [2.45, 2.75) is 105 Å². The van der Waals surface area contributed by atoms with Gasteiger partial charge < -0.3 is 0 Å². The summed E-state index contributed by atoms with van der Waals surface area (Å²) in [6.45, 7) is 9.32. The monoisotopic (exact) mass is 280 g/mol. The van der Waals surface area contributed by atoms with E-state index in [0.717, 1.165) is 11.8 Å². The van der Waals surface area contributed by atoms with Crippen molar-refractivity contribution in [2.75, 3.05) is 0 Å². The Morgan fingerprint density at radius 1 is 0.700 bits per heavy atom. The average Bonchev–Trinajstić information content (AvgIpc) is 2.46. The van der Waals surface area contributed by atoms with Gasteiger partial charge in [0.1, 0.15) is 0 Å². The summed E-state index contributed by atoms with van der Waals surface area (Å²) in [6, 6.07) is 0. The second kappa shape index (κ2) is 15.1. The molecule has 0 N–H and O–H groups in total. The van der Waals surface area contributed by atoms with Gasteiger partial charge in [0, 0.05) is 0 Å². The van der Waals surface area contributed by atoms with Crippen LogP contribution in [0.4, 0.5) is 0 Å². The van der Waals surface area contributed by atoms with E-state index in [1.54, 1.807) is 0 Å². The molecular weight excluding hydrogens is 240 g/mol. The molecule has 0 amide bonds. The standard InChI is InChI=1S/C20H40/c1-5-8-14-19(4)15-12-11-13-18-20(16-9-6-2)17-10-7-3/h13,18-20H,5-12,14-17H2,1-4H3. The van der Waals surface area contributed by atoms with Crippen LogP contribution in [0.15, 0.2) is 12.2 Å². The third-order valence-electron chi connectivity index (χ3n) is 4.38. The predicted octanol–water partition coefficient (Wildman–Crippen LogP) is 7.54. The lowest BCUT2D eigenvalue weighted by atomic mass is 9.94. The van der Waals surface area contributed by atoms with Crippen LogP contribution in [0.1, 0.15) is 105 Å². The van der Waals surface area contributed by atoms with Crippen molar-refractivity contribution >= 4 is 0 Å². The van der Waals surface area contributed by atoms with Crippen molar-refractivity contribution < 1.29 is 0 Å². The van der Waals surface area contributed by atoms with E-state index in [1.807, 2.05) is 0 Å². The van der Waals surface area contributed by atoms with E-state index in [2.05, 4.69) is 39.8 Å². The van der Waals surface area contributed by atoms with Crippen molar-refractivity contribution in [3.8, 4) is 0 Å². The maximum atomic E-state index is 2.53. The van der Waals surface area contributed by atoms with Gasteiger partial charge in [-0.25, -0.2) is 0 Å². The predicted molar refractivity (Wildman–Crippen MR) is 94.2 cm³/mol. The quantitative estimate of drug-likeness (QED) is 0.228. The zero-order valence-corrected chi connectivity index (χ0v) is 14.8. The molecule has 1 unspecified atom stereocenters. The lowest BCUT2D eigenvalue weighted by Gasteiger charge is -2.12. The second-order valence-electron chi connectivity index (χ2n) is 6.65. The van der Waals surface area contributed by atoms with Crippen LogP contribution in [-0.2, 0) is 0 Å². The lowest BCUT2D eigenvalue weighted by molar-refractivity contribution is 0.457. The summed E-state index contributed by atoms with van der Waals surface area (Å²) in [6.07, 6.45) is 21.6. The first-order chi connectivity index (χ1) is 9.74. The average molecular weight is 281 g/mol. The van der Waals surface area contributed by atoms with E-state index in [-0.39, 0.29) is 0 Å². The molecule has 0 aliphatic rings. The minimum atomic E-state index is 0.854. The van der Waals surface area contributed by atoms with E-state index >= 15 is 0 Å². The van der Waals surface area contributed by atoms with Crippen molar-refractivity contribution in [2.24, 2.45) is 11.8 Å². The van der Waals surface area contributed by atoms with Gasteiger partial charge in [-0.3, -0.25) is 0 Å². The van der Waals surface area contributed by atoms with Crippen LogP contribution >= 0.6 is 0 Å². The Morgan fingerprint density at radius 3 is 1.75 bits per heavy atom. The van der Waals surface area contributed by atoms with Gasteiger partial charge in [-0.15, -0.1) is 0 Å². The molecule has 0 nitrogen and oxygen atoms in total. The zero-order valence-electron chi connectivity index (χ0n) is 14.8. The fourth-order valence-electron chi connectivity index (χ4n) is 2.84. The van der Waals surface area contributed by atoms with E-state index in [0.29, 0.717) is 0 Å². The highest BCUT2D eigenvalue weighted by atomic mass is 14.1. The van der Waals surface area contributed by atoms with Crippen LogP contribution < -0.4 is 0 Å². The smallest absolute Gasteiger partial charge is 0.0234 e. The maximum Gasteiger partial charge on any atom is -0.0234 e.